The number of nitrogens with zero attached hydrogens (tertiary/aromatic N) is 1. The number of hydrogen-bond donors (Lipinski definition) is 2. The zero-order chi connectivity index (χ0) is 22.4. The van der Waals surface area contributed by atoms with Gasteiger partial charge in [-0.1, -0.05) is 32.8 Å². The van der Waals surface area contributed by atoms with Crippen molar-refractivity contribution in [1.82, 2.24) is 10.2 Å². The highest BCUT2D eigenvalue weighted by atomic mass is 16.6. The van der Waals surface area contributed by atoms with Gasteiger partial charge in [0, 0.05) is 19.6 Å². The standard InChI is InChI=1S/C24H36N2O5/c1-4-24(5-2)11-8-19(9-12-24)31-23(29)26-13-10-18(16-26)22(28)25-15-17-6-7-20(27)21(14-17)30-3/h6-7,14,18-19,27H,4-5,8-13,15-16H2,1-3H3,(H,25,28). The molecule has 1 saturated carbocycles. The van der Waals surface area contributed by atoms with E-state index in [1.54, 1.807) is 23.1 Å². The van der Waals surface area contributed by atoms with Crippen molar-refractivity contribution in [2.75, 3.05) is 20.2 Å². The molecule has 31 heavy (non-hydrogen) atoms. The molecule has 1 unspecified atom stereocenters. The van der Waals surface area contributed by atoms with Gasteiger partial charge in [0.1, 0.15) is 6.10 Å². The van der Waals surface area contributed by atoms with Crippen molar-refractivity contribution >= 4 is 12.0 Å². The lowest BCUT2D eigenvalue weighted by atomic mass is 9.70. The maximum Gasteiger partial charge on any atom is 0.410 e. The number of carbonyl (C=O) groups excluding carboxylic acids is 2. The second-order valence-corrected chi connectivity index (χ2v) is 8.95. The van der Waals surface area contributed by atoms with Gasteiger partial charge in [0.05, 0.1) is 13.0 Å². The highest BCUT2D eigenvalue weighted by Gasteiger charge is 2.36. The molecule has 2 amide bonds. The lowest BCUT2D eigenvalue weighted by Gasteiger charge is -2.39. The number of likely N-dealkylation sites (tertiary alicyclic amines) is 1. The number of ether oxygens (including phenoxy) is 2. The van der Waals surface area contributed by atoms with Crippen LogP contribution in [0.3, 0.4) is 0 Å². The Kier molecular flexibility index (Phi) is 7.68. The van der Waals surface area contributed by atoms with Gasteiger partial charge in [-0.05, 0) is 55.2 Å². The van der Waals surface area contributed by atoms with E-state index in [4.69, 9.17) is 9.47 Å². The van der Waals surface area contributed by atoms with E-state index in [1.807, 2.05) is 0 Å². The Morgan fingerprint density at radius 3 is 2.55 bits per heavy atom. The first-order chi connectivity index (χ1) is 14.9. The first-order valence-corrected chi connectivity index (χ1v) is 11.5. The molecule has 2 fully saturated rings. The molecule has 1 atom stereocenters. The normalized spacial score (nSPS) is 21.0. The monoisotopic (exact) mass is 432 g/mol. The topological polar surface area (TPSA) is 88.1 Å². The number of aromatic hydroxyl groups is 1. The quantitative estimate of drug-likeness (QED) is 0.673. The van der Waals surface area contributed by atoms with Crippen molar-refractivity contribution in [3.05, 3.63) is 23.8 Å². The third kappa shape index (κ3) is 5.63. The Morgan fingerprint density at radius 1 is 1.19 bits per heavy atom. The summed E-state index contributed by atoms with van der Waals surface area (Å²) in [6.07, 6.45) is 6.81. The highest BCUT2D eigenvalue weighted by molar-refractivity contribution is 5.80. The number of phenolic OH excluding ortho intramolecular Hbond substituents is 1. The minimum Gasteiger partial charge on any atom is -0.504 e. The minimum absolute atomic E-state index is 0.00363. The number of methoxy groups -OCH3 is 1. The number of rotatable bonds is 7. The third-order valence-corrected chi connectivity index (χ3v) is 7.29. The van der Waals surface area contributed by atoms with Gasteiger partial charge in [-0.3, -0.25) is 4.79 Å². The summed E-state index contributed by atoms with van der Waals surface area (Å²) in [5, 5.41) is 12.6. The van der Waals surface area contributed by atoms with Crippen molar-refractivity contribution in [2.45, 2.75) is 71.4 Å². The summed E-state index contributed by atoms with van der Waals surface area (Å²) < 4.78 is 10.9. The molecule has 7 nitrogen and oxygen atoms in total. The Labute approximate surface area is 185 Å². The smallest absolute Gasteiger partial charge is 0.410 e. The fraction of sp³-hybridized carbons (Fsp3) is 0.667. The van der Waals surface area contributed by atoms with Gasteiger partial charge >= 0.3 is 6.09 Å². The molecule has 3 rings (SSSR count). The Morgan fingerprint density at radius 2 is 1.90 bits per heavy atom. The molecular weight excluding hydrogens is 396 g/mol. The zero-order valence-electron chi connectivity index (χ0n) is 19.0. The first-order valence-electron chi connectivity index (χ1n) is 11.5. The molecule has 7 heteroatoms. The van der Waals surface area contributed by atoms with Gasteiger partial charge < -0.3 is 24.8 Å². The average Bonchev–Trinajstić information content (AvgIpc) is 3.30. The van der Waals surface area contributed by atoms with Gasteiger partial charge in [-0.15, -0.1) is 0 Å². The fourth-order valence-corrected chi connectivity index (χ4v) is 4.80. The molecule has 0 spiro atoms. The Balaban J connectivity index is 1.43. The van der Waals surface area contributed by atoms with Crippen LogP contribution in [0.15, 0.2) is 18.2 Å². The maximum atomic E-state index is 12.6. The van der Waals surface area contributed by atoms with Gasteiger partial charge in [0.2, 0.25) is 5.91 Å². The maximum absolute atomic E-state index is 12.6. The van der Waals surface area contributed by atoms with E-state index in [0.29, 0.717) is 37.2 Å². The van der Waals surface area contributed by atoms with Crippen molar-refractivity contribution in [3.8, 4) is 11.5 Å². The SMILES string of the molecule is CCC1(CC)CCC(OC(=O)N2CCC(C(=O)NCc3ccc(O)c(OC)c3)C2)CC1. The van der Waals surface area contributed by atoms with Crippen molar-refractivity contribution in [3.63, 3.8) is 0 Å². The van der Waals surface area contributed by atoms with Crippen LogP contribution in [0, 0.1) is 11.3 Å². The van der Waals surface area contributed by atoms with Gasteiger partial charge in [0.15, 0.2) is 11.5 Å². The van der Waals surface area contributed by atoms with Gasteiger partial charge in [0.25, 0.3) is 0 Å². The second kappa shape index (κ2) is 10.2. The van der Waals surface area contributed by atoms with E-state index < -0.39 is 0 Å². The molecule has 2 N–H and O–H groups in total. The Bertz CT molecular complexity index is 767. The summed E-state index contributed by atoms with van der Waals surface area (Å²) in [4.78, 5) is 26.8. The fourth-order valence-electron chi connectivity index (χ4n) is 4.80. The summed E-state index contributed by atoms with van der Waals surface area (Å²) in [6.45, 7) is 5.79. The molecule has 0 radical (unpaired) electrons. The average molecular weight is 433 g/mol. The summed E-state index contributed by atoms with van der Waals surface area (Å²) in [5.41, 5.74) is 1.26. The first kappa shape index (κ1) is 23.2. The van der Waals surface area contributed by atoms with Crippen LogP contribution >= 0.6 is 0 Å². The van der Waals surface area contributed by atoms with Gasteiger partial charge in [-0.25, -0.2) is 4.79 Å². The van der Waals surface area contributed by atoms with E-state index in [1.165, 1.54) is 20.0 Å². The van der Waals surface area contributed by atoms with Crippen LogP contribution in [0.5, 0.6) is 11.5 Å². The van der Waals surface area contributed by atoms with E-state index in [0.717, 1.165) is 31.2 Å². The van der Waals surface area contributed by atoms with E-state index in [2.05, 4.69) is 19.2 Å². The molecule has 172 valence electrons. The number of benzene rings is 1. The molecule has 0 aromatic heterocycles. The molecule has 1 heterocycles. The molecule has 0 bridgehead atoms. The predicted molar refractivity (Wildman–Crippen MR) is 118 cm³/mol. The van der Waals surface area contributed by atoms with Crippen molar-refractivity contribution in [2.24, 2.45) is 11.3 Å². The minimum atomic E-state index is -0.288. The number of carbonyl (C=O) groups is 2. The van der Waals surface area contributed by atoms with E-state index in [9.17, 15) is 14.7 Å². The number of hydrogen-bond acceptors (Lipinski definition) is 5. The van der Waals surface area contributed by atoms with E-state index >= 15 is 0 Å². The molecule has 1 aliphatic carbocycles. The number of phenols is 1. The second-order valence-electron chi connectivity index (χ2n) is 8.95. The van der Waals surface area contributed by atoms with Crippen LogP contribution in [-0.2, 0) is 16.1 Å². The van der Waals surface area contributed by atoms with E-state index in [-0.39, 0.29) is 29.8 Å². The molecule has 1 saturated heterocycles. The van der Waals surface area contributed by atoms with Crippen LogP contribution in [0.2, 0.25) is 0 Å². The molecule has 1 aliphatic heterocycles. The van der Waals surface area contributed by atoms with Crippen LogP contribution in [-0.4, -0.2) is 48.3 Å². The van der Waals surface area contributed by atoms with Crippen LogP contribution in [0.1, 0.15) is 64.4 Å². The molecule has 1 aromatic rings. The predicted octanol–water partition coefficient (Wildman–Crippen LogP) is 4.22. The van der Waals surface area contributed by atoms with Crippen LogP contribution in [0.25, 0.3) is 0 Å². The lowest BCUT2D eigenvalue weighted by molar-refractivity contribution is -0.124. The van der Waals surface area contributed by atoms with Crippen molar-refractivity contribution in [1.29, 1.82) is 0 Å². The lowest BCUT2D eigenvalue weighted by Crippen LogP contribution is -2.37. The Hall–Kier alpha value is -2.44. The summed E-state index contributed by atoms with van der Waals surface area (Å²) in [7, 11) is 1.49. The molecule has 2 aliphatic rings. The summed E-state index contributed by atoms with van der Waals surface area (Å²) in [5.74, 6) is 0.136. The number of nitrogens with one attached hydrogen (secondary N) is 1. The highest BCUT2D eigenvalue weighted by Crippen LogP contribution is 2.42. The number of amides is 2. The van der Waals surface area contributed by atoms with Crippen molar-refractivity contribution < 1.29 is 24.2 Å². The third-order valence-electron chi connectivity index (χ3n) is 7.29. The largest absolute Gasteiger partial charge is 0.504 e. The molecule has 1 aromatic carbocycles. The summed E-state index contributed by atoms with van der Waals surface area (Å²) >= 11 is 0. The van der Waals surface area contributed by atoms with Gasteiger partial charge in [-0.2, -0.15) is 0 Å². The van der Waals surface area contributed by atoms with Crippen LogP contribution < -0.4 is 10.1 Å². The summed E-state index contributed by atoms with van der Waals surface area (Å²) in [6, 6.07) is 4.99. The molecular formula is C24H36N2O5. The van der Waals surface area contributed by atoms with Crippen LogP contribution in [0.4, 0.5) is 4.79 Å². The zero-order valence-corrected chi connectivity index (χ0v) is 19.0.